The van der Waals surface area contributed by atoms with Crippen molar-refractivity contribution < 1.29 is 13.2 Å². The van der Waals surface area contributed by atoms with E-state index >= 15 is 0 Å². The molecule has 0 bridgehead atoms. The predicted octanol–water partition coefficient (Wildman–Crippen LogP) is 2.90. The van der Waals surface area contributed by atoms with E-state index in [9.17, 15) is 13.2 Å². The Morgan fingerprint density at radius 1 is 1.35 bits per heavy atom. The van der Waals surface area contributed by atoms with Crippen molar-refractivity contribution in [2.45, 2.75) is 18.6 Å². The monoisotopic (exact) mass is 264 g/mol. The van der Waals surface area contributed by atoms with Crippen LogP contribution < -0.4 is 10.6 Å². The highest BCUT2D eigenvalue weighted by atomic mass is 35.5. The fourth-order valence-corrected chi connectivity index (χ4v) is 2.25. The minimum atomic E-state index is -4.36. The van der Waals surface area contributed by atoms with Gasteiger partial charge in [0.2, 0.25) is 0 Å². The molecule has 1 aromatic rings. The average Bonchev–Trinajstić information content (AvgIpc) is 2.63. The standard InChI is InChI=1S/C11H12ClF3N2/c12-9-5-7(11(13,14)15)1-2-10(9)17-4-3-8(16)6-17/h1-2,5,8H,3-4,6,16H2/t8-/m1/s1. The Kier molecular flexibility index (Phi) is 3.23. The van der Waals surface area contributed by atoms with Crippen LogP contribution in [0.5, 0.6) is 0 Å². The van der Waals surface area contributed by atoms with Gasteiger partial charge in [0.25, 0.3) is 0 Å². The minimum Gasteiger partial charge on any atom is -0.369 e. The van der Waals surface area contributed by atoms with Gasteiger partial charge in [-0.3, -0.25) is 0 Å². The molecule has 0 aromatic heterocycles. The van der Waals surface area contributed by atoms with Crippen molar-refractivity contribution in [2.75, 3.05) is 18.0 Å². The number of nitrogens with two attached hydrogens (primary N) is 1. The first-order chi connectivity index (χ1) is 7.88. The third-order valence-electron chi connectivity index (χ3n) is 2.84. The molecular formula is C11H12ClF3N2. The van der Waals surface area contributed by atoms with Gasteiger partial charge in [-0.15, -0.1) is 0 Å². The Bertz CT molecular complexity index is 420. The highest BCUT2D eigenvalue weighted by Crippen LogP contribution is 2.35. The predicted molar refractivity (Wildman–Crippen MR) is 61.3 cm³/mol. The number of hydrogen-bond acceptors (Lipinski definition) is 2. The molecule has 1 aliphatic rings. The van der Waals surface area contributed by atoms with Gasteiger partial charge in [0.15, 0.2) is 0 Å². The number of rotatable bonds is 1. The number of anilines is 1. The molecule has 1 fully saturated rings. The van der Waals surface area contributed by atoms with Crippen molar-refractivity contribution in [2.24, 2.45) is 5.73 Å². The van der Waals surface area contributed by atoms with Gasteiger partial charge >= 0.3 is 6.18 Å². The zero-order valence-electron chi connectivity index (χ0n) is 8.97. The van der Waals surface area contributed by atoms with Gasteiger partial charge in [-0.05, 0) is 24.6 Å². The first-order valence-corrected chi connectivity index (χ1v) is 5.63. The molecule has 2 rings (SSSR count). The molecule has 0 aliphatic carbocycles. The van der Waals surface area contributed by atoms with Crippen LogP contribution in [0, 0.1) is 0 Å². The largest absolute Gasteiger partial charge is 0.416 e. The van der Waals surface area contributed by atoms with E-state index in [0.717, 1.165) is 25.1 Å². The van der Waals surface area contributed by atoms with Gasteiger partial charge in [-0.1, -0.05) is 11.6 Å². The van der Waals surface area contributed by atoms with Crippen molar-refractivity contribution in [3.8, 4) is 0 Å². The van der Waals surface area contributed by atoms with Crippen LogP contribution in [0.4, 0.5) is 18.9 Å². The van der Waals surface area contributed by atoms with E-state index < -0.39 is 11.7 Å². The maximum absolute atomic E-state index is 12.4. The second kappa shape index (κ2) is 4.38. The summed E-state index contributed by atoms with van der Waals surface area (Å²) < 4.78 is 37.3. The summed E-state index contributed by atoms with van der Waals surface area (Å²) in [4.78, 5) is 1.91. The van der Waals surface area contributed by atoms with Crippen LogP contribution in [0.25, 0.3) is 0 Å². The molecule has 2 nitrogen and oxygen atoms in total. The molecule has 1 aliphatic heterocycles. The summed E-state index contributed by atoms with van der Waals surface area (Å²) in [6, 6.07) is 3.47. The molecule has 1 atom stereocenters. The van der Waals surface area contributed by atoms with Crippen molar-refractivity contribution >= 4 is 17.3 Å². The van der Waals surface area contributed by atoms with E-state index in [4.69, 9.17) is 17.3 Å². The maximum atomic E-state index is 12.4. The van der Waals surface area contributed by atoms with Gasteiger partial charge in [0, 0.05) is 19.1 Å². The third kappa shape index (κ3) is 2.66. The number of nitrogens with zero attached hydrogens (tertiary/aromatic N) is 1. The summed E-state index contributed by atoms with van der Waals surface area (Å²) in [5.41, 5.74) is 5.64. The smallest absolute Gasteiger partial charge is 0.369 e. The van der Waals surface area contributed by atoms with Crippen LogP contribution in [0.15, 0.2) is 18.2 Å². The molecular weight excluding hydrogens is 253 g/mol. The second-order valence-electron chi connectivity index (χ2n) is 4.16. The number of benzene rings is 1. The lowest BCUT2D eigenvalue weighted by molar-refractivity contribution is -0.137. The first-order valence-electron chi connectivity index (χ1n) is 5.25. The second-order valence-corrected chi connectivity index (χ2v) is 4.57. The maximum Gasteiger partial charge on any atom is 0.416 e. The highest BCUT2D eigenvalue weighted by Gasteiger charge is 2.31. The van der Waals surface area contributed by atoms with Gasteiger partial charge in [-0.25, -0.2) is 0 Å². The molecule has 2 N–H and O–H groups in total. The highest BCUT2D eigenvalue weighted by molar-refractivity contribution is 6.33. The topological polar surface area (TPSA) is 29.3 Å². The Morgan fingerprint density at radius 2 is 2.06 bits per heavy atom. The van der Waals surface area contributed by atoms with Gasteiger partial charge in [-0.2, -0.15) is 13.2 Å². The first kappa shape index (κ1) is 12.5. The lowest BCUT2D eigenvalue weighted by Gasteiger charge is -2.20. The van der Waals surface area contributed by atoms with Gasteiger partial charge < -0.3 is 10.6 Å². The Labute approximate surface area is 102 Å². The van der Waals surface area contributed by atoms with E-state index in [-0.39, 0.29) is 11.1 Å². The lowest BCUT2D eigenvalue weighted by Crippen LogP contribution is -2.26. The minimum absolute atomic E-state index is 0.0633. The SMILES string of the molecule is N[C@@H]1CCN(c2ccc(C(F)(F)F)cc2Cl)C1. The van der Waals surface area contributed by atoms with Crippen molar-refractivity contribution in [3.63, 3.8) is 0 Å². The van der Waals surface area contributed by atoms with E-state index in [0.29, 0.717) is 12.2 Å². The quantitative estimate of drug-likeness (QED) is 0.845. The molecule has 1 heterocycles. The molecule has 1 saturated heterocycles. The summed E-state index contributed by atoms with van der Waals surface area (Å²) in [6.45, 7) is 1.36. The summed E-state index contributed by atoms with van der Waals surface area (Å²) in [5, 5.41) is 0.119. The number of alkyl halides is 3. The van der Waals surface area contributed by atoms with Crippen LogP contribution in [0.2, 0.25) is 5.02 Å². The van der Waals surface area contributed by atoms with Crippen LogP contribution in [-0.2, 0) is 6.18 Å². The van der Waals surface area contributed by atoms with Crippen molar-refractivity contribution in [1.82, 2.24) is 0 Å². The zero-order valence-corrected chi connectivity index (χ0v) is 9.72. The average molecular weight is 265 g/mol. The molecule has 17 heavy (non-hydrogen) atoms. The molecule has 0 radical (unpaired) electrons. The molecule has 1 aromatic carbocycles. The fourth-order valence-electron chi connectivity index (χ4n) is 1.95. The summed E-state index contributed by atoms with van der Waals surface area (Å²) in [5.74, 6) is 0. The number of halogens is 4. The van der Waals surface area contributed by atoms with E-state index in [1.807, 2.05) is 4.90 Å². The molecule has 0 amide bonds. The normalized spacial score (nSPS) is 21.0. The van der Waals surface area contributed by atoms with Crippen molar-refractivity contribution in [3.05, 3.63) is 28.8 Å². The third-order valence-corrected chi connectivity index (χ3v) is 3.14. The van der Waals surface area contributed by atoms with E-state index in [1.54, 1.807) is 0 Å². The molecule has 0 saturated carbocycles. The lowest BCUT2D eigenvalue weighted by atomic mass is 10.2. The van der Waals surface area contributed by atoms with E-state index in [1.165, 1.54) is 6.07 Å². The molecule has 94 valence electrons. The molecule has 6 heteroatoms. The Morgan fingerprint density at radius 3 is 2.53 bits per heavy atom. The summed E-state index contributed by atoms with van der Waals surface area (Å²) in [7, 11) is 0. The number of hydrogen-bond donors (Lipinski definition) is 1. The Balaban J connectivity index is 2.26. The van der Waals surface area contributed by atoms with Crippen LogP contribution >= 0.6 is 11.6 Å². The zero-order chi connectivity index (χ0) is 12.6. The van der Waals surface area contributed by atoms with Crippen molar-refractivity contribution in [1.29, 1.82) is 0 Å². The van der Waals surface area contributed by atoms with Gasteiger partial charge in [0.1, 0.15) is 0 Å². The van der Waals surface area contributed by atoms with Gasteiger partial charge in [0.05, 0.1) is 16.3 Å². The summed E-state index contributed by atoms with van der Waals surface area (Å²) >= 11 is 5.88. The Hall–Kier alpha value is -0.940. The van der Waals surface area contributed by atoms with E-state index in [2.05, 4.69) is 0 Å². The fraction of sp³-hybridized carbons (Fsp3) is 0.455. The van der Waals surface area contributed by atoms with Crippen LogP contribution in [0.3, 0.4) is 0 Å². The summed E-state index contributed by atoms with van der Waals surface area (Å²) in [6.07, 6.45) is -3.53. The van der Waals surface area contributed by atoms with Crippen LogP contribution in [0.1, 0.15) is 12.0 Å². The molecule has 0 unspecified atom stereocenters. The molecule has 0 spiro atoms. The van der Waals surface area contributed by atoms with Crippen LogP contribution in [-0.4, -0.2) is 19.1 Å².